The van der Waals surface area contributed by atoms with Gasteiger partial charge in [0, 0.05) is 30.3 Å². The van der Waals surface area contributed by atoms with E-state index in [9.17, 15) is 0 Å². The summed E-state index contributed by atoms with van der Waals surface area (Å²) in [5, 5.41) is 0. The van der Waals surface area contributed by atoms with Gasteiger partial charge in [0.05, 0.1) is 0 Å². The lowest BCUT2D eigenvalue weighted by Crippen LogP contribution is -2.35. The molecular weight excluding hydrogens is 424 g/mol. The fourth-order valence-electron chi connectivity index (χ4n) is 5.66. The van der Waals surface area contributed by atoms with E-state index < -0.39 is 0 Å². The summed E-state index contributed by atoms with van der Waals surface area (Å²) in [4.78, 5) is 5.04. The van der Waals surface area contributed by atoms with Gasteiger partial charge in [-0.1, -0.05) is 139 Å². The van der Waals surface area contributed by atoms with Crippen molar-refractivity contribution in [1.29, 1.82) is 0 Å². The van der Waals surface area contributed by atoms with E-state index in [2.05, 4.69) is 92.2 Å². The molecule has 0 N–H and O–H groups in total. The summed E-state index contributed by atoms with van der Waals surface area (Å²) in [6.45, 7) is 8.16. The highest BCUT2D eigenvalue weighted by Gasteiger charge is 2.39. The van der Waals surface area contributed by atoms with Crippen LogP contribution < -0.4 is 0 Å². The highest BCUT2D eigenvalue weighted by atomic mass is 15.1. The molecule has 2 unspecified atom stereocenters. The Kier molecular flexibility index (Phi) is 11.6. The van der Waals surface area contributed by atoms with Gasteiger partial charge < -0.3 is 4.57 Å². The van der Waals surface area contributed by atoms with Crippen molar-refractivity contribution < 1.29 is 0 Å². The molecule has 3 rings (SSSR count). The number of hydrogen-bond acceptors (Lipinski definition) is 1. The van der Waals surface area contributed by atoms with Crippen molar-refractivity contribution in [3.8, 4) is 0 Å². The van der Waals surface area contributed by atoms with Crippen LogP contribution in [0.5, 0.6) is 0 Å². The van der Waals surface area contributed by atoms with Crippen LogP contribution in [0.2, 0.25) is 0 Å². The number of imidazole rings is 1. The Hall–Kier alpha value is -2.35. The van der Waals surface area contributed by atoms with E-state index in [0.29, 0.717) is 5.92 Å². The monoisotopic (exact) mass is 472 g/mol. The predicted octanol–water partition coefficient (Wildman–Crippen LogP) is 9.50. The molecule has 190 valence electrons. The normalized spacial score (nSPS) is 14.0. The molecule has 35 heavy (non-hydrogen) atoms. The van der Waals surface area contributed by atoms with Gasteiger partial charge in [0.2, 0.25) is 0 Å². The molecule has 2 nitrogen and oxygen atoms in total. The quantitative estimate of drug-likeness (QED) is 0.179. The number of aromatic nitrogens is 2. The average Bonchev–Trinajstić information content (AvgIpc) is 3.35. The summed E-state index contributed by atoms with van der Waals surface area (Å²) in [5.41, 5.74) is 2.83. The molecule has 1 heterocycles. The van der Waals surface area contributed by atoms with Crippen LogP contribution in [0.15, 0.2) is 73.1 Å². The van der Waals surface area contributed by atoms with Crippen LogP contribution in [0.3, 0.4) is 0 Å². The Morgan fingerprint density at radius 3 is 2.00 bits per heavy atom. The Labute approximate surface area is 215 Å². The van der Waals surface area contributed by atoms with Gasteiger partial charge in [-0.05, 0) is 30.4 Å². The second-order valence-corrected chi connectivity index (χ2v) is 10.6. The van der Waals surface area contributed by atoms with Crippen LogP contribution >= 0.6 is 0 Å². The molecule has 0 spiro atoms. The second-order valence-electron chi connectivity index (χ2n) is 10.6. The van der Waals surface area contributed by atoms with Gasteiger partial charge in [-0.3, -0.25) is 0 Å². The van der Waals surface area contributed by atoms with Crippen molar-refractivity contribution in [2.45, 2.75) is 116 Å². The highest BCUT2D eigenvalue weighted by Crippen LogP contribution is 2.44. The molecule has 0 aliphatic rings. The molecule has 0 radical (unpaired) electrons. The molecule has 0 aliphatic carbocycles. The molecule has 0 aliphatic heterocycles. The highest BCUT2D eigenvalue weighted by molar-refractivity contribution is 5.33. The van der Waals surface area contributed by atoms with E-state index in [1.54, 1.807) is 0 Å². The maximum absolute atomic E-state index is 5.04. The molecule has 0 bridgehead atoms. The smallest absolute Gasteiger partial charge is 0.112 e. The van der Waals surface area contributed by atoms with Crippen molar-refractivity contribution >= 4 is 0 Å². The number of nitrogens with zero attached hydrogens (tertiary/aromatic N) is 2. The van der Waals surface area contributed by atoms with E-state index >= 15 is 0 Å². The third kappa shape index (κ3) is 8.09. The zero-order valence-corrected chi connectivity index (χ0v) is 22.6. The zero-order valence-electron chi connectivity index (χ0n) is 22.6. The third-order valence-corrected chi connectivity index (χ3v) is 7.77. The van der Waals surface area contributed by atoms with E-state index in [-0.39, 0.29) is 5.41 Å². The van der Waals surface area contributed by atoms with E-state index in [4.69, 9.17) is 4.98 Å². The molecule has 0 amide bonds. The van der Waals surface area contributed by atoms with Gasteiger partial charge in [-0.15, -0.1) is 0 Å². The van der Waals surface area contributed by atoms with Crippen LogP contribution in [-0.2, 0) is 18.4 Å². The topological polar surface area (TPSA) is 17.8 Å². The van der Waals surface area contributed by atoms with Crippen LogP contribution in [-0.4, -0.2) is 9.55 Å². The molecular formula is C33H48N2. The molecule has 2 atom stereocenters. The third-order valence-electron chi connectivity index (χ3n) is 7.77. The zero-order chi connectivity index (χ0) is 24.8. The Balaban J connectivity index is 1.92. The summed E-state index contributed by atoms with van der Waals surface area (Å²) in [7, 11) is 0. The second kappa shape index (κ2) is 14.9. The van der Waals surface area contributed by atoms with Gasteiger partial charge in [-0.25, -0.2) is 4.98 Å². The van der Waals surface area contributed by atoms with Crippen LogP contribution in [0, 0.1) is 0 Å². The fraction of sp³-hybridized carbons (Fsp3) is 0.545. The lowest BCUT2D eigenvalue weighted by atomic mass is 9.66. The Morgan fingerprint density at radius 2 is 1.34 bits per heavy atom. The first-order chi connectivity index (χ1) is 17.2. The minimum absolute atomic E-state index is 0.0152. The minimum atomic E-state index is -0.0152. The largest absolute Gasteiger partial charge is 0.335 e. The van der Waals surface area contributed by atoms with E-state index in [1.807, 2.05) is 6.20 Å². The van der Waals surface area contributed by atoms with Crippen molar-refractivity contribution in [3.63, 3.8) is 0 Å². The van der Waals surface area contributed by atoms with Gasteiger partial charge in [0.15, 0.2) is 0 Å². The van der Waals surface area contributed by atoms with Gasteiger partial charge in [0.1, 0.15) is 5.82 Å². The number of rotatable bonds is 17. The van der Waals surface area contributed by atoms with E-state index in [1.165, 1.54) is 87.6 Å². The van der Waals surface area contributed by atoms with Crippen molar-refractivity contribution in [2.24, 2.45) is 0 Å². The summed E-state index contributed by atoms with van der Waals surface area (Å²) in [5.74, 6) is 1.68. The first kappa shape index (κ1) is 27.2. The number of unbranched alkanes of at least 4 members (excludes halogenated alkanes) is 8. The molecule has 0 saturated heterocycles. The summed E-state index contributed by atoms with van der Waals surface area (Å²) >= 11 is 0. The fourth-order valence-corrected chi connectivity index (χ4v) is 5.66. The summed E-state index contributed by atoms with van der Waals surface area (Å²) in [6, 6.07) is 22.3. The maximum atomic E-state index is 5.04. The van der Waals surface area contributed by atoms with Crippen molar-refractivity contribution in [2.75, 3.05) is 0 Å². The molecule has 3 aromatic rings. The Morgan fingerprint density at radius 1 is 0.743 bits per heavy atom. The molecule has 1 aromatic heterocycles. The first-order valence-electron chi connectivity index (χ1n) is 14.3. The van der Waals surface area contributed by atoms with Crippen LogP contribution in [0.1, 0.15) is 114 Å². The van der Waals surface area contributed by atoms with Crippen molar-refractivity contribution in [1.82, 2.24) is 9.55 Å². The van der Waals surface area contributed by atoms with Gasteiger partial charge in [0.25, 0.3) is 0 Å². The van der Waals surface area contributed by atoms with E-state index in [0.717, 1.165) is 13.0 Å². The molecule has 2 aromatic carbocycles. The summed E-state index contributed by atoms with van der Waals surface area (Å²) in [6.07, 6.45) is 19.6. The predicted molar refractivity (Wildman–Crippen MR) is 151 cm³/mol. The van der Waals surface area contributed by atoms with Gasteiger partial charge in [-0.2, -0.15) is 0 Å². The molecule has 0 saturated carbocycles. The number of aryl methyl sites for hydroxylation is 1. The van der Waals surface area contributed by atoms with Crippen LogP contribution in [0.4, 0.5) is 0 Å². The molecule has 2 heteroatoms. The number of benzene rings is 2. The lowest BCUT2D eigenvalue weighted by molar-refractivity contribution is 0.321. The van der Waals surface area contributed by atoms with Crippen molar-refractivity contribution in [3.05, 3.63) is 90.0 Å². The SMILES string of the molecule is CCCCCCCC(c1nccn1CCCCCCC)C(C)(Cc1ccccc1)c1ccccc1. The summed E-state index contributed by atoms with van der Waals surface area (Å²) < 4.78 is 2.48. The standard InChI is InChI=1S/C33H48N2/c1-4-6-8-10-18-24-31(32-34-25-27-35(32)26-19-11-9-7-5-2)33(3,30-22-16-13-17-23-30)28-29-20-14-12-15-21-29/h12-17,20-23,25,27,31H,4-11,18-19,24,26,28H2,1-3H3. The van der Waals surface area contributed by atoms with Gasteiger partial charge >= 0.3 is 0 Å². The lowest BCUT2D eigenvalue weighted by Gasteiger charge is -2.39. The molecule has 0 fully saturated rings. The first-order valence-corrected chi connectivity index (χ1v) is 14.3. The Bertz CT molecular complexity index is 930. The number of hydrogen-bond donors (Lipinski definition) is 0. The maximum Gasteiger partial charge on any atom is 0.112 e. The minimum Gasteiger partial charge on any atom is -0.335 e. The van der Waals surface area contributed by atoms with Crippen LogP contribution in [0.25, 0.3) is 0 Å². The average molecular weight is 473 g/mol.